The van der Waals surface area contributed by atoms with Crippen LogP contribution >= 0.6 is 50.6 Å². The number of nitrogens with one attached hydrogen (secondary N) is 2. The highest BCUT2D eigenvalue weighted by molar-refractivity contribution is 9.10. The van der Waals surface area contributed by atoms with Gasteiger partial charge in [0.25, 0.3) is 5.91 Å². The number of rotatable bonds is 7. The van der Waals surface area contributed by atoms with E-state index in [2.05, 4.69) is 31.5 Å². The summed E-state index contributed by atoms with van der Waals surface area (Å²) in [4.78, 5) is 30.0. The highest BCUT2D eigenvalue weighted by Gasteiger charge is 2.20. The van der Waals surface area contributed by atoms with Gasteiger partial charge in [-0.05, 0) is 76.9 Å². The SMILES string of the molecule is CCC(Sc1nc2ccc(NC(=O)c3ccccc3Br)cc2s1)C(=O)Nc1ccc(Cl)cc1. The largest absolute Gasteiger partial charge is 0.325 e. The van der Waals surface area contributed by atoms with Crippen LogP contribution in [0.15, 0.2) is 75.5 Å². The lowest BCUT2D eigenvalue weighted by atomic mass is 10.2. The molecule has 0 saturated carbocycles. The third-order valence-electron chi connectivity index (χ3n) is 4.76. The van der Waals surface area contributed by atoms with Crippen LogP contribution in [0.5, 0.6) is 0 Å². The van der Waals surface area contributed by atoms with Gasteiger partial charge < -0.3 is 10.6 Å². The number of amides is 2. The molecule has 168 valence electrons. The third-order valence-corrected chi connectivity index (χ3v) is 8.18. The zero-order chi connectivity index (χ0) is 23.4. The van der Waals surface area contributed by atoms with Crippen LogP contribution in [0.25, 0.3) is 10.2 Å². The molecule has 1 heterocycles. The third kappa shape index (κ3) is 5.95. The van der Waals surface area contributed by atoms with E-state index in [0.717, 1.165) is 19.0 Å². The summed E-state index contributed by atoms with van der Waals surface area (Å²) in [6.07, 6.45) is 0.660. The smallest absolute Gasteiger partial charge is 0.256 e. The lowest BCUT2D eigenvalue weighted by Crippen LogP contribution is -2.24. The number of fused-ring (bicyclic) bond motifs is 1. The quantitative estimate of drug-likeness (QED) is 0.230. The fraction of sp³-hybridized carbons (Fsp3) is 0.125. The molecule has 0 aliphatic rings. The van der Waals surface area contributed by atoms with Crippen LogP contribution in [-0.2, 0) is 4.79 Å². The van der Waals surface area contributed by atoms with Crippen molar-refractivity contribution in [3.8, 4) is 0 Å². The average Bonchev–Trinajstić information content (AvgIpc) is 3.21. The van der Waals surface area contributed by atoms with Crippen LogP contribution in [0.4, 0.5) is 11.4 Å². The highest BCUT2D eigenvalue weighted by Crippen LogP contribution is 2.35. The molecular formula is C24H19BrClN3O2S2. The summed E-state index contributed by atoms with van der Waals surface area (Å²) in [7, 11) is 0. The zero-order valence-corrected chi connectivity index (χ0v) is 21.4. The van der Waals surface area contributed by atoms with Crippen molar-refractivity contribution in [1.29, 1.82) is 0 Å². The first-order chi connectivity index (χ1) is 15.9. The predicted octanol–water partition coefficient (Wildman–Crippen LogP) is 7.47. The van der Waals surface area contributed by atoms with Gasteiger partial charge in [0.15, 0.2) is 4.34 Å². The van der Waals surface area contributed by atoms with Crippen LogP contribution in [0.2, 0.25) is 5.02 Å². The maximum Gasteiger partial charge on any atom is 0.256 e. The molecular weight excluding hydrogens is 542 g/mol. The van der Waals surface area contributed by atoms with Crippen molar-refractivity contribution >= 4 is 84.0 Å². The number of carbonyl (C=O) groups is 2. The molecule has 0 aliphatic carbocycles. The molecule has 2 N–H and O–H groups in total. The van der Waals surface area contributed by atoms with Crippen molar-refractivity contribution in [1.82, 2.24) is 4.98 Å². The van der Waals surface area contributed by atoms with Crippen molar-refractivity contribution in [2.45, 2.75) is 22.9 Å². The Morgan fingerprint density at radius 1 is 1.06 bits per heavy atom. The number of benzene rings is 3. The summed E-state index contributed by atoms with van der Waals surface area (Å²) < 4.78 is 2.48. The van der Waals surface area contributed by atoms with Gasteiger partial charge in [-0.1, -0.05) is 42.4 Å². The van der Waals surface area contributed by atoms with E-state index in [1.807, 2.05) is 43.3 Å². The maximum absolute atomic E-state index is 12.7. The summed E-state index contributed by atoms with van der Waals surface area (Å²) in [5.41, 5.74) is 2.79. The second-order valence-electron chi connectivity index (χ2n) is 7.11. The van der Waals surface area contributed by atoms with Gasteiger partial charge in [0.2, 0.25) is 5.91 Å². The van der Waals surface area contributed by atoms with Crippen LogP contribution < -0.4 is 10.6 Å². The molecule has 1 atom stereocenters. The number of hydrogen-bond donors (Lipinski definition) is 2. The van der Waals surface area contributed by atoms with E-state index < -0.39 is 0 Å². The Morgan fingerprint density at radius 3 is 2.52 bits per heavy atom. The van der Waals surface area contributed by atoms with Crippen LogP contribution in [0.1, 0.15) is 23.7 Å². The lowest BCUT2D eigenvalue weighted by molar-refractivity contribution is -0.115. The van der Waals surface area contributed by atoms with Gasteiger partial charge in [0.1, 0.15) is 0 Å². The van der Waals surface area contributed by atoms with Crippen molar-refractivity contribution in [3.05, 3.63) is 81.8 Å². The predicted molar refractivity (Wildman–Crippen MR) is 142 cm³/mol. The molecule has 9 heteroatoms. The number of halogens is 2. The number of nitrogens with zero attached hydrogens (tertiary/aromatic N) is 1. The van der Waals surface area contributed by atoms with Gasteiger partial charge in [0.05, 0.1) is 21.0 Å². The Bertz CT molecular complexity index is 1310. The number of carbonyl (C=O) groups excluding carboxylic acids is 2. The van der Waals surface area contributed by atoms with Crippen LogP contribution in [0.3, 0.4) is 0 Å². The average molecular weight is 561 g/mol. The van der Waals surface area contributed by atoms with Gasteiger partial charge in [-0.2, -0.15) is 0 Å². The lowest BCUT2D eigenvalue weighted by Gasteiger charge is -2.13. The van der Waals surface area contributed by atoms with Gasteiger partial charge >= 0.3 is 0 Å². The number of thiazole rings is 1. The van der Waals surface area contributed by atoms with Gasteiger partial charge in [-0.3, -0.25) is 9.59 Å². The van der Waals surface area contributed by atoms with Crippen LogP contribution in [-0.4, -0.2) is 22.0 Å². The molecule has 1 unspecified atom stereocenters. The summed E-state index contributed by atoms with van der Waals surface area (Å²) >= 11 is 12.3. The second-order valence-corrected chi connectivity index (χ2v) is 10.9. The van der Waals surface area contributed by atoms with Crippen molar-refractivity contribution < 1.29 is 9.59 Å². The first-order valence-electron chi connectivity index (χ1n) is 10.1. The minimum Gasteiger partial charge on any atom is -0.325 e. The normalized spacial score (nSPS) is 11.8. The molecule has 1 aromatic heterocycles. The van der Waals surface area contributed by atoms with E-state index in [4.69, 9.17) is 11.6 Å². The Hall–Kier alpha value is -2.39. The minimum atomic E-state index is -0.282. The number of anilines is 2. The standard InChI is InChI=1S/C24H19BrClN3O2S2/c1-2-20(23(31)27-15-9-7-14(26)8-10-15)32-24-29-19-12-11-16(13-21(19)33-24)28-22(30)17-5-3-4-6-18(17)25/h3-13,20H,2H2,1H3,(H,27,31)(H,28,30). The number of thioether (sulfide) groups is 1. The molecule has 4 aromatic rings. The van der Waals surface area contributed by atoms with E-state index in [9.17, 15) is 9.59 Å². The van der Waals surface area contributed by atoms with E-state index in [-0.39, 0.29) is 17.1 Å². The molecule has 33 heavy (non-hydrogen) atoms. The molecule has 0 bridgehead atoms. The van der Waals surface area contributed by atoms with Gasteiger partial charge in [-0.25, -0.2) is 4.98 Å². The molecule has 4 rings (SSSR count). The summed E-state index contributed by atoms with van der Waals surface area (Å²) in [6, 6.07) is 19.9. The first-order valence-corrected chi connectivity index (χ1v) is 13.0. The molecule has 5 nitrogen and oxygen atoms in total. The Labute approximate surface area is 213 Å². The van der Waals surface area contributed by atoms with Crippen molar-refractivity contribution in [2.24, 2.45) is 0 Å². The Kier molecular flexibility index (Phi) is 7.70. The molecule has 0 aliphatic heterocycles. The summed E-state index contributed by atoms with van der Waals surface area (Å²) in [6.45, 7) is 1.97. The van der Waals surface area contributed by atoms with Crippen molar-refractivity contribution in [2.75, 3.05) is 10.6 Å². The van der Waals surface area contributed by atoms with E-state index in [1.165, 1.54) is 23.1 Å². The molecule has 0 spiro atoms. The zero-order valence-electron chi connectivity index (χ0n) is 17.5. The Morgan fingerprint density at radius 2 is 1.79 bits per heavy atom. The first kappa shape index (κ1) is 23.8. The van der Waals surface area contributed by atoms with Gasteiger partial charge in [-0.15, -0.1) is 11.3 Å². The van der Waals surface area contributed by atoms with E-state index >= 15 is 0 Å². The number of aromatic nitrogens is 1. The van der Waals surface area contributed by atoms with E-state index in [1.54, 1.807) is 30.3 Å². The molecule has 3 aromatic carbocycles. The monoisotopic (exact) mass is 559 g/mol. The molecule has 0 saturated heterocycles. The molecule has 0 radical (unpaired) electrons. The minimum absolute atomic E-state index is 0.0783. The number of hydrogen-bond acceptors (Lipinski definition) is 5. The highest BCUT2D eigenvalue weighted by atomic mass is 79.9. The van der Waals surface area contributed by atoms with Crippen molar-refractivity contribution in [3.63, 3.8) is 0 Å². The van der Waals surface area contributed by atoms with Crippen LogP contribution in [0, 0.1) is 0 Å². The maximum atomic E-state index is 12.7. The fourth-order valence-electron chi connectivity index (χ4n) is 3.08. The topological polar surface area (TPSA) is 71.1 Å². The molecule has 2 amide bonds. The second kappa shape index (κ2) is 10.7. The fourth-order valence-corrected chi connectivity index (χ4v) is 5.94. The summed E-state index contributed by atoms with van der Waals surface area (Å²) in [5.74, 6) is -0.267. The molecule has 0 fully saturated rings. The Balaban J connectivity index is 1.46. The summed E-state index contributed by atoms with van der Waals surface area (Å²) in [5, 5.41) is 6.20. The van der Waals surface area contributed by atoms with E-state index in [0.29, 0.717) is 28.4 Å². The van der Waals surface area contributed by atoms with Gasteiger partial charge in [0, 0.05) is 20.9 Å².